The minimum absolute atomic E-state index is 0.193. The Labute approximate surface area is 201 Å². The quantitative estimate of drug-likeness (QED) is 0.440. The topological polar surface area (TPSA) is 109 Å². The first-order valence-corrected chi connectivity index (χ1v) is 11.4. The van der Waals surface area contributed by atoms with Crippen LogP contribution in [0.5, 0.6) is 0 Å². The summed E-state index contributed by atoms with van der Waals surface area (Å²) in [6.45, 7) is 1.54. The van der Waals surface area contributed by atoms with E-state index in [1.54, 1.807) is 30.7 Å². The van der Waals surface area contributed by atoms with Crippen molar-refractivity contribution in [2.75, 3.05) is 11.9 Å². The average molecular weight is 488 g/mol. The van der Waals surface area contributed by atoms with Crippen molar-refractivity contribution in [1.82, 2.24) is 19.9 Å². The zero-order chi connectivity index (χ0) is 23.4. The minimum atomic E-state index is -1.06. The largest absolute Gasteiger partial charge is 0.481 e. The normalized spacial score (nSPS) is 13.6. The van der Waals surface area contributed by atoms with E-state index in [-0.39, 0.29) is 12.1 Å². The number of aryl methyl sites for hydroxylation is 3. The number of anilines is 1. The highest BCUT2D eigenvalue weighted by Crippen LogP contribution is 2.26. The molecule has 1 aliphatic rings. The van der Waals surface area contributed by atoms with E-state index in [0.717, 1.165) is 30.9 Å². The maximum atomic E-state index is 12.8. The molecule has 1 aliphatic heterocycles. The summed E-state index contributed by atoms with van der Waals surface area (Å²) in [5.74, 6) is -0.587. The third-order valence-corrected chi connectivity index (χ3v) is 5.85. The number of pyridine rings is 1. The standard InChI is InChI=1S/C23H23Cl2N5O3/c24-16-8-15(9-17(25)10-16)19(11-21(31)32)29-23(33)20-12-30(13-27-20)7-5-18-4-3-14-2-1-6-26-22(14)28-18/h3-4,8-10,12-13,19H,1-2,5-7,11H2,(H,26,28)(H,29,33)(H,31,32). The lowest BCUT2D eigenvalue weighted by Gasteiger charge is -2.17. The Balaban J connectivity index is 1.41. The summed E-state index contributed by atoms with van der Waals surface area (Å²) in [6, 6.07) is 8.05. The second kappa shape index (κ2) is 10.2. The highest BCUT2D eigenvalue weighted by atomic mass is 35.5. The van der Waals surface area contributed by atoms with E-state index in [1.807, 2.05) is 10.6 Å². The summed E-state index contributed by atoms with van der Waals surface area (Å²) < 4.78 is 1.81. The SMILES string of the molecule is O=C(O)CC(NC(=O)c1cn(CCc2ccc3c(n2)NCCC3)cn1)c1cc(Cl)cc(Cl)c1. The molecule has 1 amide bonds. The predicted octanol–water partition coefficient (Wildman–Crippen LogP) is 4.13. The van der Waals surface area contributed by atoms with Crippen LogP contribution in [0.4, 0.5) is 5.82 Å². The molecule has 1 unspecified atom stereocenters. The lowest BCUT2D eigenvalue weighted by atomic mass is 10.0. The number of hydrogen-bond acceptors (Lipinski definition) is 5. The monoisotopic (exact) mass is 487 g/mol. The first kappa shape index (κ1) is 23.1. The van der Waals surface area contributed by atoms with Gasteiger partial charge in [0.05, 0.1) is 18.8 Å². The molecule has 0 bridgehead atoms. The van der Waals surface area contributed by atoms with Crippen molar-refractivity contribution in [3.63, 3.8) is 0 Å². The number of hydrogen-bond donors (Lipinski definition) is 3. The van der Waals surface area contributed by atoms with E-state index < -0.39 is 17.9 Å². The highest BCUT2D eigenvalue weighted by molar-refractivity contribution is 6.34. The molecule has 4 rings (SSSR count). The van der Waals surface area contributed by atoms with Gasteiger partial charge in [0, 0.05) is 41.4 Å². The van der Waals surface area contributed by atoms with Crippen LogP contribution in [-0.2, 0) is 24.2 Å². The van der Waals surface area contributed by atoms with Crippen LogP contribution in [0.3, 0.4) is 0 Å². The summed E-state index contributed by atoms with van der Waals surface area (Å²) >= 11 is 12.1. The van der Waals surface area contributed by atoms with Crippen molar-refractivity contribution in [1.29, 1.82) is 0 Å². The van der Waals surface area contributed by atoms with Crippen LogP contribution in [0, 0.1) is 0 Å². The van der Waals surface area contributed by atoms with Gasteiger partial charge in [0.25, 0.3) is 5.91 Å². The number of imidazole rings is 1. The van der Waals surface area contributed by atoms with E-state index in [4.69, 9.17) is 23.2 Å². The molecule has 10 heteroatoms. The van der Waals surface area contributed by atoms with Gasteiger partial charge in [-0.05, 0) is 48.2 Å². The summed E-state index contributed by atoms with van der Waals surface area (Å²) in [5.41, 5.74) is 2.90. The van der Waals surface area contributed by atoms with E-state index in [0.29, 0.717) is 28.6 Å². The Morgan fingerprint density at radius 3 is 2.76 bits per heavy atom. The number of benzene rings is 1. The fourth-order valence-electron chi connectivity index (χ4n) is 3.79. The van der Waals surface area contributed by atoms with Gasteiger partial charge in [-0.15, -0.1) is 0 Å². The van der Waals surface area contributed by atoms with Crippen molar-refractivity contribution in [2.45, 2.75) is 38.3 Å². The van der Waals surface area contributed by atoms with Crippen LogP contribution < -0.4 is 10.6 Å². The maximum absolute atomic E-state index is 12.8. The molecule has 3 heterocycles. The molecular formula is C23H23Cl2N5O3. The van der Waals surface area contributed by atoms with E-state index in [9.17, 15) is 14.7 Å². The Hall–Kier alpha value is -3.10. The molecule has 172 valence electrons. The Morgan fingerprint density at radius 1 is 1.21 bits per heavy atom. The fourth-order valence-corrected chi connectivity index (χ4v) is 4.33. The van der Waals surface area contributed by atoms with Crippen LogP contribution in [-0.4, -0.2) is 38.1 Å². The van der Waals surface area contributed by atoms with Crippen LogP contribution in [0.1, 0.15) is 46.2 Å². The number of nitrogens with one attached hydrogen (secondary N) is 2. The molecule has 0 saturated heterocycles. The van der Waals surface area contributed by atoms with E-state index in [2.05, 4.69) is 26.7 Å². The van der Waals surface area contributed by atoms with Crippen LogP contribution >= 0.6 is 23.2 Å². The van der Waals surface area contributed by atoms with Gasteiger partial charge in [0.1, 0.15) is 11.5 Å². The lowest BCUT2D eigenvalue weighted by molar-refractivity contribution is -0.137. The zero-order valence-corrected chi connectivity index (χ0v) is 19.2. The molecule has 33 heavy (non-hydrogen) atoms. The van der Waals surface area contributed by atoms with Gasteiger partial charge in [-0.2, -0.15) is 0 Å². The predicted molar refractivity (Wildman–Crippen MR) is 126 cm³/mol. The number of carbonyl (C=O) groups is 2. The van der Waals surface area contributed by atoms with Crippen molar-refractivity contribution in [2.24, 2.45) is 0 Å². The fraction of sp³-hybridized carbons (Fsp3) is 0.304. The smallest absolute Gasteiger partial charge is 0.305 e. The molecule has 0 aliphatic carbocycles. The Morgan fingerprint density at radius 2 is 2.00 bits per heavy atom. The second-order valence-corrected chi connectivity index (χ2v) is 8.79. The van der Waals surface area contributed by atoms with Gasteiger partial charge in [-0.1, -0.05) is 29.3 Å². The number of rotatable bonds is 8. The van der Waals surface area contributed by atoms with Crippen LogP contribution in [0.25, 0.3) is 0 Å². The molecule has 3 N–H and O–H groups in total. The van der Waals surface area contributed by atoms with Gasteiger partial charge in [-0.3, -0.25) is 9.59 Å². The molecule has 8 nitrogen and oxygen atoms in total. The molecule has 0 fully saturated rings. The first-order chi connectivity index (χ1) is 15.9. The lowest BCUT2D eigenvalue weighted by Crippen LogP contribution is -2.30. The van der Waals surface area contributed by atoms with Crippen molar-refractivity contribution >= 4 is 40.9 Å². The van der Waals surface area contributed by atoms with Gasteiger partial charge in [0.2, 0.25) is 0 Å². The molecule has 0 saturated carbocycles. The van der Waals surface area contributed by atoms with E-state index in [1.165, 1.54) is 5.56 Å². The molecule has 1 atom stereocenters. The molecule has 0 radical (unpaired) electrons. The van der Waals surface area contributed by atoms with Gasteiger partial charge >= 0.3 is 5.97 Å². The zero-order valence-electron chi connectivity index (χ0n) is 17.7. The van der Waals surface area contributed by atoms with Crippen molar-refractivity contribution in [3.8, 4) is 0 Å². The Kier molecular flexibility index (Phi) is 7.15. The first-order valence-electron chi connectivity index (χ1n) is 10.6. The number of fused-ring (bicyclic) bond motifs is 1. The minimum Gasteiger partial charge on any atom is -0.481 e. The number of carboxylic acid groups (broad SMARTS) is 1. The molecule has 2 aromatic heterocycles. The second-order valence-electron chi connectivity index (χ2n) is 7.91. The summed E-state index contributed by atoms with van der Waals surface area (Å²) in [4.78, 5) is 33.0. The summed E-state index contributed by atoms with van der Waals surface area (Å²) in [6.07, 6.45) is 5.74. The molecule has 3 aromatic rings. The maximum Gasteiger partial charge on any atom is 0.305 e. The number of carboxylic acids is 1. The molecule has 1 aromatic carbocycles. The van der Waals surface area contributed by atoms with Crippen LogP contribution in [0.15, 0.2) is 42.9 Å². The van der Waals surface area contributed by atoms with Gasteiger partial charge < -0.3 is 20.3 Å². The number of aliphatic carboxylic acids is 1. The van der Waals surface area contributed by atoms with Gasteiger partial charge in [0.15, 0.2) is 0 Å². The van der Waals surface area contributed by atoms with Gasteiger partial charge in [-0.25, -0.2) is 9.97 Å². The number of aromatic nitrogens is 3. The highest BCUT2D eigenvalue weighted by Gasteiger charge is 2.21. The molecule has 0 spiro atoms. The summed E-state index contributed by atoms with van der Waals surface area (Å²) in [5, 5.41) is 16.0. The third-order valence-electron chi connectivity index (χ3n) is 5.42. The van der Waals surface area contributed by atoms with Crippen molar-refractivity contribution in [3.05, 3.63) is 75.4 Å². The Bertz CT molecular complexity index is 1160. The van der Waals surface area contributed by atoms with Crippen molar-refractivity contribution < 1.29 is 14.7 Å². The third kappa shape index (κ3) is 6.03. The average Bonchev–Trinajstić information content (AvgIpc) is 3.25. The summed E-state index contributed by atoms with van der Waals surface area (Å²) in [7, 11) is 0. The van der Waals surface area contributed by atoms with E-state index >= 15 is 0 Å². The van der Waals surface area contributed by atoms with Crippen LogP contribution in [0.2, 0.25) is 10.0 Å². The number of amides is 1. The number of nitrogens with zero attached hydrogens (tertiary/aromatic N) is 3. The molecular weight excluding hydrogens is 465 g/mol. The number of carbonyl (C=O) groups excluding carboxylic acids is 1. The number of halogens is 2.